The van der Waals surface area contributed by atoms with Crippen molar-refractivity contribution in [1.82, 2.24) is 5.32 Å². The molecule has 106 valence electrons. The van der Waals surface area contributed by atoms with Crippen LogP contribution in [0.4, 0.5) is 5.69 Å². The number of rotatable bonds is 6. The predicted octanol–water partition coefficient (Wildman–Crippen LogP) is 2.80. The van der Waals surface area contributed by atoms with Crippen LogP contribution in [0.3, 0.4) is 0 Å². The quantitative estimate of drug-likeness (QED) is 0.863. The Kier molecular flexibility index (Phi) is 3.78. The number of anilines is 1. The van der Waals surface area contributed by atoms with Gasteiger partial charge >= 0.3 is 0 Å². The standard InChI is InChI=1S/C14H16N2O2S2/c17-20(18,14-5-2-8-19-14)16-13-4-1-3-11(9-13)10-15-12-6-7-12/h1-5,8-9,12,15-16H,6-7,10H2. The molecule has 1 saturated carbocycles. The van der Waals surface area contributed by atoms with E-state index in [2.05, 4.69) is 10.0 Å². The number of hydrogen-bond acceptors (Lipinski definition) is 4. The fraction of sp³-hybridized carbons (Fsp3) is 0.286. The first-order chi connectivity index (χ1) is 9.63. The lowest BCUT2D eigenvalue weighted by Gasteiger charge is -2.08. The summed E-state index contributed by atoms with van der Waals surface area (Å²) in [4.78, 5) is 0. The van der Waals surface area contributed by atoms with Crippen LogP contribution in [-0.4, -0.2) is 14.5 Å². The number of nitrogens with one attached hydrogen (secondary N) is 2. The molecule has 0 bridgehead atoms. The van der Waals surface area contributed by atoms with E-state index >= 15 is 0 Å². The number of benzene rings is 1. The van der Waals surface area contributed by atoms with Crippen molar-refractivity contribution in [2.24, 2.45) is 0 Å². The summed E-state index contributed by atoms with van der Waals surface area (Å²) in [5.41, 5.74) is 1.69. The maximum Gasteiger partial charge on any atom is 0.271 e. The third kappa shape index (κ3) is 3.39. The lowest BCUT2D eigenvalue weighted by atomic mass is 10.2. The molecule has 1 aliphatic rings. The lowest BCUT2D eigenvalue weighted by Crippen LogP contribution is -2.16. The Morgan fingerprint density at radius 1 is 1.20 bits per heavy atom. The maximum absolute atomic E-state index is 12.1. The molecule has 2 aromatic rings. The van der Waals surface area contributed by atoms with Crippen molar-refractivity contribution in [3.8, 4) is 0 Å². The van der Waals surface area contributed by atoms with E-state index in [0.717, 1.165) is 12.1 Å². The van der Waals surface area contributed by atoms with Gasteiger partial charge in [0.15, 0.2) is 0 Å². The van der Waals surface area contributed by atoms with Gasteiger partial charge in [-0.15, -0.1) is 11.3 Å². The Bertz CT molecular complexity index is 677. The molecular weight excluding hydrogens is 292 g/mol. The molecule has 1 aromatic carbocycles. The maximum atomic E-state index is 12.1. The van der Waals surface area contributed by atoms with E-state index in [0.29, 0.717) is 15.9 Å². The number of thiophene rings is 1. The highest BCUT2D eigenvalue weighted by Gasteiger charge is 2.20. The van der Waals surface area contributed by atoms with Crippen molar-refractivity contribution >= 4 is 27.0 Å². The first-order valence-corrected chi connectivity index (χ1v) is 8.88. The molecule has 1 aliphatic carbocycles. The zero-order valence-electron chi connectivity index (χ0n) is 10.9. The molecule has 0 atom stereocenters. The highest BCUT2D eigenvalue weighted by Crippen LogP contribution is 2.22. The van der Waals surface area contributed by atoms with Crippen molar-refractivity contribution in [1.29, 1.82) is 0 Å². The molecule has 1 heterocycles. The average Bonchev–Trinajstić information content (AvgIpc) is 3.06. The summed E-state index contributed by atoms with van der Waals surface area (Å²) in [7, 11) is -3.46. The smallest absolute Gasteiger partial charge is 0.271 e. The monoisotopic (exact) mass is 308 g/mol. The summed E-state index contributed by atoms with van der Waals surface area (Å²) in [6.45, 7) is 0.777. The molecule has 6 heteroatoms. The SMILES string of the molecule is O=S(=O)(Nc1cccc(CNC2CC2)c1)c1cccs1. The summed E-state index contributed by atoms with van der Waals surface area (Å²) in [5, 5.41) is 5.17. The van der Waals surface area contributed by atoms with E-state index in [9.17, 15) is 8.42 Å². The minimum Gasteiger partial charge on any atom is -0.310 e. The molecule has 1 fully saturated rings. The van der Waals surface area contributed by atoms with E-state index in [1.807, 2.05) is 18.2 Å². The predicted molar refractivity (Wildman–Crippen MR) is 81.4 cm³/mol. The van der Waals surface area contributed by atoms with Crippen molar-refractivity contribution in [3.05, 3.63) is 47.3 Å². The number of hydrogen-bond donors (Lipinski definition) is 2. The van der Waals surface area contributed by atoms with Gasteiger partial charge in [-0.1, -0.05) is 18.2 Å². The molecular formula is C14H16N2O2S2. The van der Waals surface area contributed by atoms with Gasteiger partial charge in [-0.05, 0) is 42.0 Å². The molecule has 0 saturated heterocycles. The van der Waals surface area contributed by atoms with Crippen molar-refractivity contribution < 1.29 is 8.42 Å². The van der Waals surface area contributed by atoms with Crippen LogP contribution in [0.15, 0.2) is 46.0 Å². The molecule has 4 nitrogen and oxygen atoms in total. The third-order valence-corrected chi connectivity index (χ3v) is 5.89. The zero-order valence-corrected chi connectivity index (χ0v) is 12.5. The van der Waals surface area contributed by atoms with Crippen LogP contribution in [0.5, 0.6) is 0 Å². The minimum atomic E-state index is -3.46. The van der Waals surface area contributed by atoms with E-state index in [4.69, 9.17) is 0 Å². The van der Waals surface area contributed by atoms with Gasteiger partial charge in [-0.25, -0.2) is 8.42 Å². The van der Waals surface area contributed by atoms with Crippen LogP contribution in [0.2, 0.25) is 0 Å². The van der Waals surface area contributed by atoms with E-state index < -0.39 is 10.0 Å². The fourth-order valence-electron chi connectivity index (χ4n) is 1.92. The normalized spacial score (nSPS) is 15.2. The topological polar surface area (TPSA) is 58.2 Å². The molecule has 0 aliphatic heterocycles. The second-order valence-corrected chi connectivity index (χ2v) is 7.75. The van der Waals surface area contributed by atoms with Crippen molar-refractivity contribution in [2.75, 3.05) is 4.72 Å². The minimum absolute atomic E-state index is 0.332. The van der Waals surface area contributed by atoms with Gasteiger partial charge in [0.1, 0.15) is 4.21 Å². The van der Waals surface area contributed by atoms with Crippen LogP contribution in [0.1, 0.15) is 18.4 Å². The summed E-state index contributed by atoms with van der Waals surface area (Å²) >= 11 is 1.21. The van der Waals surface area contributed by atoms with Crippen LogP contribution in [0, 0.1) is 0 Å². The fourth-order valence-corrected chi connectivity index (χ4v) is 3.96. The van der Waals surface area contributed by atoms with Gasteiger partial charge in [-0.3, -0.25) is 4.72 Å². The molecule has 2 N–H and O–H groups in total. The van der Waals surface area contributed by atoms with Gasteiger partial charge in [0.05, 0.1) is 0 Å². The van der Waals surface area contributed by atoms with Gasteiger partial charge in [0, 0.05) is 18.3 Å². The summed E-state index contributed by atoms with van der Waals surface area (Å²) < 4.78 is 27.2. The third-order valence-electron chi connectivity index (χ3n) is 3.11. The Morgan fingerprint density at radius 2 is 2.05 bits per heavy atom. The first kappa shape index (κ1) is 13.6. The average molecular weight is 308 g/mol. The van der Waals surface area contributed by atoms with E-state index in [1.165, 1.54) is 24.2 Å². The summed E-state index contributed by atoms with van der Waals surface area (Å²) in [5.74, 6) is 0. The Hall–Kier alpha value is -1.37. The van der Waals surface area contributed by atoms with Gasteiger partial charge in [0.2, 0.25) is 0 Å². The second kappa shape index (κ2) is 5.55. The molecule has 20 heavy (non-hydrogen) atoms. The first-order valence-electron chi connectivity index (χ1n) is 6.52. The summed E-state index contributed by atoms with van der Waals surface area (Å²) in [6.07, 6.45) is 2.48. The number of sulfonamides is 1. The van der Waals surface area contributed by atoms with E-state index in [1.54, 1.807) is 23.6 Å². The van der Waals surface area contributed by atoms with Gasteiger partial charge < -0.3 is 5.32 Å². The Morgan fingerprint density at radius 3 is 2.75 bits per heavy atom. The highest BCUT2D eigenvalue weighted by molar-refractivity contribution is 7.94. The Balaban J connectivity index is 1.71. The van der Waals surface area contributed by atoms with Crippen molar-refractivity contribution in [2.45, 2.75) is 29.6 Å². The second-order valence-electron chi connectivity index (χ2n) is 4.89. The molecule has 0 spiro atoms. The largest absolute Gasteiger partial charge is 0.310 e. The molecule has 0 unspecified atom stereocenters. The van der Waals surface area contributed by atoms with Crippen LogP contribution < -0.4 is 10.0 Å². The summed E-state index contributed by atoms with van der Waals surface area (Å²) in [6, 6.07) is 11.5. The van der Waals surface area contributed by atoms with Crippen LogP contribution >= 0.6 is 11.3 Å². The lowest BCUT2D eigenvalue weighted by molar-refractivity contribution is 0.603. The van der Waals surface area contributed by atoms with Gasteiger partial charge in [0.25, 0.3) is 10.0 Å². The molecule has 1 aromatic heterocycles. The van der Waals surface area contributed by atoms with Crippen molar-refractivity contribution in [3.63, 3.8) is 0 Å². The van der Waals surface area contributed by atoms with Crippen LogP contribution in [-0.2, 0) is 16.6 Å². The molecule has 0 amide bonds. The molecule has 0 radical (unpaired) electrons. The highest BCUT2D eigenvalue weighted by atomic mass is 32.2. The van der Waals surface area contributed by atoms with Gasteiger partial charge in [-0.2, -0.15) is 0 Å². The van der Waals surface area contributed by atoms with Crippen LogP contribution in [0.25, 0.3) is 0 Å². The zero-order chi connectivity index (χ0) is 14.0. The molecule has 3 rings (SSSR count). The van der Waals surface area contributed by atoms with E-state index in [-0.39, 0.29) is 0 Å². The Labute approximate surface area is 122 Å².